The van der Waals surface area contributed by atoms with E-state index in [1.807, 2.05) is 19.2 Å². The van der Waals surface area contributed by atoms with Crippen molar-refractivity contribution in [1.82, 2.24) is 9.80 Å². The van der Waals surface area contributed by atoms with E-state index in [2.05, 4.69) is 11.9 Å². The fourth-order valence-corrected chi connectivity index (χ4v) is 7.86. The molecule has 3 heterocycles. The Kier molecular flexibility index (Phi) is 6.07. The number of halogens is 2. The van der Waals surface area contributed by atoms with E-state index >= 15 is 0 Å². The standard InChI is InChI=1S/C20H23Cl2N3O3S2/c1-23-9-7-13(8-10-23)24(2)20(26)15-12-25(16-6-4-3-5-14(15)16)30(27,28)17-11-18(21)29-19(17)22/h3-6,11,13,15H,7-10,12H2,1-2H3. The molecule has 6 nitrogen and oxygen atoms in total. The lowest BCUT2D eigenvalue weighted by molar-refractivity contribution is -0.134. The summed E-state index contributed by atoms with van der Waals surface area (Å²) in [6.07, 6.45) is 1.83. The van der Waals surface area contributed by atoms with Crippen LogP contribution in [0.15, 0.2) is 35.2 Å². The number of carbonyl (C=O) groups excluding carboxylic acids is 1. The molecule has 4 rings (SSSR count). The Bertz CT molecular complexity index is 1060. The van der Waals surface area contributed by atoms with Gasteiger partial charge in [0.05, 0.1) is 22.5 Å². The molecule has 0 N–H and O–H groups in total. The average Bonchev–Trinajstić information content (AvgIpc) is 3.28. The summed E-state index contributed by atoms with van der Waals surface area (Å²) in [6, 6.07) is 8.70. The molecule has 0 aliphatic carbocycles. The first-order valence-electron chi connectivity index (χ1n) is 9.72. The molecule has 1 aromatic carbocycles. The number of anilines is 1. The van der Waals surface area contributed by atoms with Crippen molar-refractivity contribution >= 4 is 56.2 Å². The topological polar surface area (TPSA) is 60.9 Å². The van der Waals surface area contributed by atoms with Crippen LogP contribution in [0.1, 0.15) is 24.3 Å². The van der Waals surface area contributed by atoms with Crippen molar-refractivity contribution in [3.8, 4) is 0 Å². The molecule has 10 heteroatoms. The molecule has 2 aliphatic rings. The van der Waals surface area contributed by atoms with Crippen LogP contribution in [-0.2, 0) is 14.8 Å². The molecule has 0 radical (unpaired) electrons. The summed E-state index contributed by atoms with van der Waals surface area (Å²) >= 11 is 13.1. The summed E-state index contributed by atoms with van der Waals surface area (Å²) < 4.78 is 28.4. The van der Waals surface area contributed by atoms with E-state index in [1.165, 1.54) is 10.4 Å². The van der Waals surface area contributed by atoms with Gasteiger partial charge < -0.3 is 9.80 Å². The fraction of sp³-hybridized carbons (Fsp3) is 0.450. The van der Waals surface area contributed by atoms with Gasteiger partial charge in [0.25, 0.3) is 10.0 Å². The molecule has 1 atom stereocenters. The van der Waals surface area contributed by atoms with Gasteiger partial charge in [0.15, 0.2) is 0 Å². The summed E-state index contributed by atoms with van der Waals surface area (Å²) in [6.45, 7) is 1.95. The second kappa shape index (κ2) is 8.31. The molecule has 0 saturated carbocycles. The quantitative estimate of drug-likeness (QED) is 0.655. The van der Waals surface area contributed by atoms with Crippen LogP contribution in [0.2, 0.25) is 8.67 Å². The maximum Gasteiger partial charge on any atom is 0.266 e. The van der Waals surface area contributed by atoms with E-state index in [1.54, 1.807) is 17.0 Å². The van der Waals surface area contributed by atoms with Gasteiger partial charge in [-0.1, -0.05) is 41.4 Å². The summed E-state index contributed by atoms with van der Waals surface area (Å²) in [5, 5.41) is 0. The number of fused-ring (bicyclic) bond motifs is 1. The molecule has 30 heavy (non-hydrogen) atoms. The molecule has 1 unspecified atom stereocenters. The maximum absolute atomic E-state index is 13.4. The Balaban J connectivity index is 1.64. The third-order valence-electron chi connectivity index (χ3n) is 6.00. The summed E-state index contributed by atoms with van der Waals surface area (Å²) in [4.78, 5) is 17.5. The van der Waals surface area contributed by atoms with Crippen molar-refractivity contribution in [3.63, 3.8) is 0 Å². The van der Waals surface area contributed by atoms with Gasteiger partial charge in [-0.25, -0.2) is 8.42 Å². The number of sulfonamides is 1. The number of nitrogens with zero attached hydrogens (tertiary/aromatic N) is 3. The average molecular weight is 488 g/mol. The monoisotopic (exact) mass is 487 g/mol. The summed E-state index contributed by atoms with van der Waals surface area (Å²) in [5.74, 6) is -0.599. The normalized spacial score (nSPS) is 20.4. The molecule has 1 amide bonds. The molecule has 2 aromatic rings. The van der Waals surface area contributed by atoms with Gasteiger partial charge in [0, 0.05) is 13.1 Å². The van der Waals surface area contributed by atoms with Crippen LogP contribution in [0.5, 0.6) is 0 Å². The first-order valence-corrected chi connectivity index (χ1v) is 12.7. The van der Waals surface area contributed by atoms with E-state index in [0.717, 1.165) is 42.8 Å². The van der Waals surface area contributed by atoms with E-state index < -0.39 is 15.9 Å². The number of hydrogen-bond acceptors (Lipinski definition) is 5. The number of carbonyl (C=O) groups is 1. The van der Waals surface area contributed by atoms with Gasteiger partial charge in [0.1, 0.15) is 9.23 Å². The third-order valence-corrected chi connectivity index (χ3v) is 9.54. The van der Waals surface area contributed by atoms with Crippen molar-refractivity contribution in [2.45, 2.75) is 29.7 Å². The Morgan fingerprint density at radius 1 is 1.20 bits per heavy atom. The number of para-hydroxylation sites is 1. The fourth-order valence-electron chi connectivity index (χ4n) is 4.24. The highest BCUT2D eigenvalue weighted by atomic mass is 35.5. The largest absolute Gasteiger partial charge is 0.342 e. The van der Waals surface area contributed by atoms with Crippen LogP contribution in [0.3, 0.4) is 0 Å². The lowest BCUT2D eigenvalue weighted by Crippen LogP contribution is -2.46. The highest BCUT2D eigenvalue weighted by molar-refractivity contribution is 7.93. The van der Waals surface area contributed by atoms with Crippen molar-refractivity contribution < 1.29 is 13.2 Å². The van der Waals surface area contributed by atoms with Gasteiger partial charge in [-0.3, -0.25) is 9.10 Å². The van der Waals surface area contributed by atoms with Gasteiger partial charge in [-0.05, 0) is 50.7 Å². The molecule has 1 saturated heterocycles. The highest BCUT2D eigenvalue weighted by Crippen LogP contribution is 2.43. The number of amides is 1. The predicted octanol–water partition coefficient (Wildman–Crippen LogP) is 3.90. The number of likely N-dealkylation sites (tertiary alicyclic amines) is 1. The molecule has 2 aliphatic heterocycles. The van der Waals surface area contributed by atoms with Crippen LogP contribution in [0, 0.1) is 0 Å². The van der Waals surface area contributed by atoms with Crippen LogP contribution in [0.4, 0.5) is 5.69 Å². The Morgan fingerprint density at radius 2 is 1.87 bits per heavy atom. The molecular weight excluding hydrogens is 465 g/mol. The van der Waals surface area contributed by atoms with Crippen molar-refractivity contribution in [3.05, 3.63) is 44.6 Å². The third kappa shape index (κ3) is 3.84. The minimum absolute atomic E-state index is 0.0225. The van der Waals surface area contributed by atoms with Gasteiger partial charge >= 0.3 is 0 Å². The summed E-state index contributed by atoms with van der Waals surface area (Å²) in [7, 11) is -0.0301. The summed E-state index contributed by atoms with van der Waals surface area (Å²) in [5.41, 5.74) is 1.24. The van der Waals surface area contributed by atoms with Crippen LogP contribution in [0.25, 0.3) is 0 Å². The van der Waals surface area contributed by atoms with Crippen LogP contribution in [-0.4, -0.2) is 63.9 Å². The number of thiophene rings is 1. The van der Waals surface area contributed by atoms with Crippen LogP contribution >= 0.6 is 34.5 Å². The molecule has 0 bridgehead atoms. The van der Waals surface area contributed by atoms with Gasteiger partial charge in [0.2, 0.25) is 5.91 Å². The molecule has 0 spiro atoms. The Labute approximate surface area is 191 Å². The van der Waals surface area contributed by atoms with Gasteiger partial charge in [-0.2, -0.15) is 0 Å². The van der Waals surface area contributed by atoms with Crippen molar-refractivity contribution in [2.75, 3.05) is 38.0 Å². The van der Waals surface area contributed by atoms with E-state index in [-0.39, 0.29) is 27.7 Å². The van der Waals surface area contributed by atoms with E-state index in [9.17, 15) is 13.2 Å². The minimum Gasteiger partial charge on any atom is -0.342 e. The zero-order valence-electron chi connectivity index (χ0n) is 16.7. The minimum atomic E-state index is -3.94. The van der Waals surface area contributed by atoms with E-state index in [4.69, 9.17) is 23.2 Å². The number of hydrogen-bond donors (Lipinski definition) is 0. The van der Waals surface area contributed by atoms with E-state index in [0.29, 0.717) is 10.0 Å². The second-order valence-electron chi connectivity index (χ2n) is 7.82. The lowest BCUT2D eigenvalue weighted by atomic mass is 9.97. The molecule has 1 aromatic heterocycles. The van der Waals surface area contributed by atoms with Gasteiger partial charge in [-0.15, -0.1) is 11.3 Å². The molecule has 162 valence electrons. The SMILES string of the molecule is CN1CCC(N(C)C(=O)C2CN(S(=O)(=O)c3cc(Cl)sc3Cl)c3ccccc32)CC1. The Morgan fingerprint density at radius 3 is 2.50 bits per heavy atom. The number of benzene rings is 1. The molecular formula is C20H23Cl2N3O3S2. The van der Waals surface area contributed by atoms with Crippen molar-refractivity contribution in [2.24, 2.45) is 0 Å². The van der Waals surface area contributed by atoms with Crippen LogP contribution < -0.4 is 4.31 Å². The zero-order chi connectivity index (χ0) is 21.6. The van der Waals surface area contributed by atoms with Crippen molar-refractivity contribution in [1.29, 1.82) is 0 Å². The number of piperidine rings is 1. The predicted molar refractivity (Wildman–Crippen MR) is 121 cm³/mol. The second-order valence-corrected chi connectivity index (χ2v) is 11.9. The zero-order valence-corrected chi connectivity index (χ0v) is 19.9. The number of rotatable bonds is 4. The Hall–Kier alpha value is -1.32. The lowest BCUT2D eigenvalue weighted by Gasteiger charge is -2.36. The first kappa shape index (κ1) is 21.9. The maximum atomic E-state index is 13.4. The highest BCUT2D eigenvalue weighted by Gasteiger charge is 2.42. The smallest absolute Gasteiger partial charge is 0.266 e. The number of likely N-dealkylation sites (N-methyl/N-ethyl adjacent to an activating group) is 1. The first-order chi connectivity index (χ1) is 14.2. The molecule has 1 fully saturated rings.